The van der Waals surface area contributed by atoms with E-state index >= 15 is 0 Å². The van der Waals surface area contributed by atoms with E-state index in [1.165, 1.54) is 0 Å². The second kappa shape index (κ2) is 10.9. The number of carbonyl (C=O) groups is 2. The normalized spacial score (nSPS) is 11.6. The van der Waals surface area contributed by atoms with Crippen LogP contribution in [0.3, 0.4) is 0 Å². The largest absolute Gasteiger partial charge is 0.347 e. The summed E-state index contributed by atoms with van der Waals surface area (Å²) < 4.78 is 26.1. The maximum Gasteiger partial charge on any atom is 0.255 e. The van der Waals surface area contributed by atoms with Crippen LogP contribution in [0.15, 0.2) is 66.7 Å². The molecule has 0 aliphatic heterocycles. The quantitative estimate of drug-likeness (QED) is 0.394. The molecule has 190 valence electrons. The van der Waals surface area contributed by atoms with E-state index in [0.29, 0.717) is 22.4 Å². The topological polar surface area (TPSA) is 95.6 Å². The summed E-state index contributed by atoms with van der Waals surface area (Å²) in [6, 6.07) is 18.0. The lowest BCUT2D eigenvalue weighted by molar-refractivity contribution is 0.0920. The number of hydrogen-bond acceptors (Lipinski definition) is 4. The predicted octanol–water partition coefficient (Wildman–Crippen LogP) is 5.74. The molecule has 0 saturated carbocycles. The van der Waals surface area contributed by atoms with Gasteiger partial charge in [0.25, 0.3) is 11.8 Å². The Morgan fingerprint density at radius 2 is 1.53 bits per heavy atom. The van der Waals surface area contributed by atoms with Crippen LogP contribution in [0.25, 0.3) is 0 Å². The number of hydrogen-bond donors (Lipinski definition) is 2. The molecule has 0 radical (unpaired) electrons. The summed E-state index contributed by atoms with van der Waals surface area (Å²) in [7, 11) is -3.68. The van der Waals surface area contributed by atoms with Gasteiger partial charge in [0.05, 0.1) is 39.8 Å². The number of nitrogens with zero attached hydrogens (tertiary/aromatic N) is 1. The van der Waals surface area contributed by atoms with Gasteiger partial charge in [-0.2, -0.15) is 0 Å². The van der Waals surface area contributed by atoms with Gasteiger partial charge in [-0.3, -0.25) is 13.9 Å². The fraction of sp³-hybridized carbons (Fsp3) is 0.231. The summed E-state index contributed by atoms with van der Waals surface area (Å²) in [6.45, 7) is 5.62. The first-order chi connectivity index (χ1) is 16.8. The van der Waals surface area contributed by atoms with Crippen LogP contribution in [0.2, 0.25) is 10.0 Å². The van der Waals surface area contributed by atoms with Gasteiger partial charge in [0.15, 0.2) is 0 Å². The molecule has 0 aliphatic carbocycles. The highest BCUT2D eigenvalue weighted by atomic mass is 35.5. The average molecular weight is 548 g/mol. The summed E-state index contributed by atoms with van der Waals surface area (Å²) in [5, 5.41) is 6.04. The number of carbonyl (C=O) groups excluding carboxylic acids is 2. The molecule has 3 aromatic rings. The molecule has 0 saturated heterocycles. The van der Waals surface area contributed by atoms with Gasteiger partial charge in [-0.1, -0.05) is 53.5 Å². The van der Waals surface area contributed by atoms with Crippen molar-refractivity contribution in [3.63, 3.8) is 0 Å². The SMILES string of the molecule is CC(C)(C)NC(=O)c1ccccc1NC(=O)c1ccc(CN(c2cccc(Cl)c2Cl)S(C)(=O)=O)cc1. The molecule has 2 amide bonds. The van der Waals surface area contributed by atoms with Crippen LogP contribution in [0, 0.1) is 0 Å². The molecule has 0 aromatic heterocycles. The van der Waals surface area contributed by atoms with Crippen molar-refractivity contribution in [3.05, 3.63) is 93.5 Å². The maximum absolute atomic E-state index is 12.9. The number of anilines is 2. The third kappa shape index (κ3) is 7.00. The van der Waals surface area contributed by atoms with E-state index in [0.717, 1.165) is 10.6 Å². The van der Waals surface area contributed by atoms with Gasteiger partial charge in [0.1, 0.15) is 0 Å². The van der Waals surface area contributed by atoms with Gasteiger partial charge < -0.3 is 10.6 Å². The summed E-state index contributed by atoms with van der Waals surface area (Å²) in [5.74, 6) is -0.704. The zero-order valence-electron chi connectivity index (χ0n) is 20.3. The first-order valence-electron chi connectivity index (χ1n) is 11.0. The third-order valence-electron chi connectivity index (χ3n) is 5.05. The second-order valence-corrected chi connectivity index (χ2v) is 11.9. The molecule has 2 N–H and O–H groups in total. The van der Waals surface area contributed by atoms with E-state index < -0.39 is 21.5 Å². The minimum absolute atomic E-state index is 0.00337. The molecule has 3 aromatic carbocycles. The van der Waals surface area contributed by atoms with Crippen molar-refractivity contribution in [3.8, 4) is 0 Å². The van der Waals surface area contributed by atoms with E-state index in [-0.39, 0.29) is 28.2 Å². The zero-order valence-corrected chi connectivity index (χ0v) is 22.6. The minimum Gasteiger partial charge on any atom is -0.347 e. The first-order valence-corrected chi connectivity index (χ1v) is 13.6. The molecular formula is C26H27Cl2N3O4S. The standard InChI is InChI=1S/C26H27Cl2N3O4S/c1-26(2,3)30-25(33)19-8-5-6-10-21(19)29-24(32)18-14-12-17(13-15-18)16-31(36(4,34)35)22-11-7-9-20(27)23(22)28/h5-15H,16H2,1-4H3,(H,29,32)(H,30,33). The van der Waals surface area contributed by atoms with Crippen molar-refractivity contribution in [2.24, 2.45) is 0 Å². The van der Waals surface area contributed by atoms with Crippen molar-refractivity contribution < 1.29 is 18.0 Å². The molecule has 7 nitrogen and oxygen atoms in total. The van der Waals surface area contributed by atoms with Gasteiger partial charge >= 0.3 is 0 Å². The molecule has 3 rings (SSSR count). The number of halogens is 2. The van der Waals surface area contributed by atoms with E-state index in [9.17, 15) is 18.0 Å². The van der Waals surface area contributed by atoms with Crippen LogP contribution in [-0.2, 0) is 16.6 Å². The highest BCUT2D eigenvalue weighted by molar-refractivity contribution is 7.92. The average Bonchev–Trinajstić information content (AvgIpc) is 2.78. The van der Waals surface area contributed by atoms with E-state index in [1.807, 2.05) is 20.8 Å². The monoisotopic (exact) mass is 547 g/mol. The van der Waals surface area contributed by atoms with Crippen LogP contribution >= 0.6 is 23.2 Å². The Kier molecular flexibility index (Phi) is 8.33. The second-order valence-electron chi connectivity index (χ2n) is 9.24. The Bertz CT molecular complexity index is 1390. The number of benzene rings is 3. The molecule has 0 bridgehead atoms. The van der Waals surface area contributed by atoms with Crippen molar-refractivity contribution in [2.45, 2.75) is 32.9 Å². The maximum atomic E-state index is 12.9. The molecule has 0 unspecified atom stereocenters. The molecule has 0 fully saturated rings. The van der Waals surface area contributed by atoms with Gasteiger partial charge in [0.2, 0.25) is 10.0 Å². The van der Waals surface area contributed by atoms with Crippen LogP contribution in [0.4, 0.5) is 11.4 Å². The van der Waals surface area contributed by atoms with Crippen molar-refractivity contribution in [2.75, 3.05) is 15.9 Å². The van der Waals surface area contributed by atoms with E-state index in [4.69, 9.17) is 23.2 Å². The van der Waals surface area contributed by atoms with Crippen LogP contribution in [-0.4, -0.2) is 32.0 Å². The van der Waals surface area contributed by atoms with Crippen molar-refractivity contribution in [1.29, 1.82) is 0 Å². The lowest BCUT2D eigenvalue weighted by atomic mass is 10.1. The number of rotatable bonds is 7. The number of sulfonamides is 1. The fourth-order valence-corrected chi connectivity index (χ4v) is 4.73. The molecule has 36 heavy (non-hydrogen) atoms. The molecule has 0 spiro atoms. The summed E-state index contributed by atoms with van der Waals surface area (Å²) in [5.41, 5.74) is 1.54. The Labute approximate surface area is 221 Å². The molecule has 0 heterocycles. The van der Waals surface area contributed by atoms with Gasteiger partial charge in [-0.25, -0.2) is 8.42 Å². The van der Waals surface area contributed by atoms with Gasteiger partial charge in [-0.05, 0) is 62.7 Å². The van der Waals surface area contributed by atoms with Crippen molar-refractivity contribution >= 4 is 56.4 Å². The first kappa shape index (κ1) is 27.5. The zero-order chi connectivity index (χ0) is 26.7. The minimum atomic E-state index is -3.68. The smallest absolute Gasteiger partial charge is 0.255 e. The molecule has 0 aliphatic rings. The predicted molar refractivity (Wildman–Crippen MR) is 146 cm³/mol. The number of nitrogens with one attached hydrogen (secondary N) is 2. The van der Waals surface area contributed by atoms with E-state index in [1.54, 1.807) is 66.7 Å². The third-order valence-corrected chi connectivity index (χ3v) is 6.99. The number of para-hydroxylation sites is 1. The summed E-state index contributed by atoms with van der Waals surface area (Å²) in [4.78, 5) is 25.5. The summed E-state index contributed by atoms with van der Waals surface area (Å²) in [6.07, 6.45) is 1.08. The van der Waals surface area contributed by atoms with Crippen LogP contribution in [0.1, 0.15) is 47.1 Å². The Hall–Kier alpha value is -3.07. The van der Waals surface area contributed by atoms with Crippen molar-refractivity contribution in [1.82, 2.24) is 5.32 Å². The lowest BCUT2D eigenvalue weighted by Gasteiger charge is -2.24. The highest BCUT2D eigenvalue weighted by Crippen LogP contribution is 2.34. The Morgan fingerprint density at radius 1 is 0.889 bits per heavy atom. The lowest BCUT2D eigenvalue weighted by Crippen LogP contribution is -2.40. The Morgan fingerprint density at radius 3 is 2.14 bits per heavy atom. The molecule has 10 heteroatoms. The molecule has 0 atom stereocenters. The molecular weight excluding hydrogens is 521 g/mol. The van der Waals surface area contributed by atoms with Crippen LogP contribution < -0.4 is 14.9 Å². The summed E-state index contributed by atoms with van der Waals surface area (Å²) >= 11 is 12.3. The van der Waals surface area contributed by atoms with Gasteiger partial charge in [0, 0.05) is 11.1 Å². The number of amides is 2. The Balaban J connectivity index is 1.80. The van der Waals surface area contributed by atoms with Gasteiger partial charge in [-0.15, -0.1) is 0 Å². The van der Waals surface area contributed by atoms with Crippen LogP contribution in [0.5, 0.6) is 0 Å². The fourth-order valence-electron chi connectivity index (χ4n) is 3.39. The highest BCUT2D eigenvalue weighted by Gasteiger charge is 2.22. The van der Waals surface area contributed by atoms with E-state index in [2.05, 4.69) is 10.6 Å².